The summed E-state index contributed by atoms with van der Waals surface area (Å²) in [5, 5.41) is 19.0. The summed E-state index contributed by atoms with van der Waals surface area (Å²) in [4.78, 5) is 39.1. The number of ether oxygens (including phenoxy) is 1. The van der Waals surface area contributed by atoms with E-state index in [2.05, 4.69) is 107 Å². The largest absolute Gasteiger partial charge is 0.381 e. The van der Waals surface area contributed by atoms with Crippen molar-refractivity contribution in [3.63, 3.8) is 0 Å². The van der Waals surface area contributed by atoms with Crippen molar-refractivity contribution >= 4 is 28.5 Å². The first-order valence-electron chi connectivity index (χ1n) is 20.6. The van der Waals surface area contributed by atoms with Gasteiger partial charge in [-0.1, -0.05) is 50.2 Å². The number of carbonyl (C=O) groups is 2. The van der Waals surface area contributed by atoms with Crippen LogP contribution in [0.3, 0.4) is 0 Å². The molecule has 6 heterocycles. The van der Waals surface area contributed by atoms with Gasteiger partial charge in [-0.25, -0.2) is 14.6 Å². The normalized spacial score (nSPS) is 20.9. The van der Waals surface area contributed by atoms with Gasteiger partial charge in [-0.15, -0.1) is 0 Å². The lowest BCUT2D eigenvalue weighted by Crippen LogP contribution is -2.63. The monoisotopic (exact) mass is 769 g/mol. The van der Waals surface area contributed by atoms with Crippen LogP contribution in [0.2, 0.25) is 0 Å². The molecule has 3 aliphatic heterocycles. The molecule has 3 aromatic heterocycles. The number of rotatable bonds is 13. The van der Waals surface area contributed by atoms with E-state index in [0.717, 1.165) is 71.6 Å². The molecule has 2 amide bonds. The zero-order chi connectivity index (χ0) is 39.7. The molecule has 4 N–H and O–H groups in total. The number of benzene rings is 2. The fraction of sp³-hybridized carbons (Fsp3) is 0.444. The fourth-order valence-electron chi connectivity index (χ4n) is 8.92. The number of nitrogens with one attached hydrogen (secondary N) is 4. The highest BCUT2D eigenvalue weighted by molar-refractivity contribution is 5.97. The van der Waals surface area contributed by atoms with Crippen molar-refractivity contribution < 1.29 is 14.3 Å². The number of fused-ring (bicyclic) bond motifs is 2. The fourth-order valence-corrected chi connectivity index (χ4v) is 8.92. The van der Waals surface area contributed by atoms with Crippen molar-refractivity contribution in [1.29, 1.82) is 0 Å². The van der Waals surface area contributed by atoms with Crippen molar-refractivity contribution in [2.75, 3.05) is 31.6 Å². The van der Waals surface area contributed by atoms with Gasteiger partial charge in [0.1, 0.15) is 11.4 Å². The molecular weight excluding hydrogens is 715 g/mol. The SMILES string of the molecule is CCc1nc2c(cnn2CC)c(NC2CCOCC2)c1CNC(=O)c1cccc(C(=O)NCc2ccc(C)c(-c3cccc(CN4CC5(C)[C@H](C)NC[C@@H]45)c3)c2)n1. The summed E-state index contributed by atoms with van der Waals surface area (Å²) >= 11 is 0. The Kier molecular flexibility index (Phi) is 11.1. The lowest BCUT2D eigenvalue weighted by Gasteiger charge is -2.53. The van der Waals surface area contributed by atoms with Crippen LogP contribution in [0.15, 0.2) is 66.9 Å². The molecule has 0 radical (unpaired) electrons. The lowest BCUT2D eigenvalue weighted by molar-refractivity contribution is -0.0459. The van der Waals surface area contributed by atoms with Gasteiger partial charge >= 0.3 is 0 Å². The first-order chi connectivity index (χ1) is 27.6. The molecular formula is C45H55N9O3. The molecule has 298 valence electrons. The van der Waals surface area contributed by atoms with Crippen molar-refractivity contribution in [3.8, 4) is 11.1 Å². The quantitative estimate of drug-likeness (QED) is 0.113. The first-order valence-corrected chi connectivity index (χ1v) is 20.6. The first kappa shape index (κ1) is 38.7. The highest BCUT2D eigenvalue weighted by atomic mass is 16.5. The number of hydrogen-bond acceptors (Lipinski definition) is 9. The molecule has 5 aromatic rings. The van der Waals surface area contributed by atoms with E-state index in [9.17, 15) is 9.59 Å². The van der Waals surface area contributed by atoms with E-state index in [1.807, 2.05) is 16.9 Å². The van der Waals surface area contributed by atoms with Crippen LogP contribution >= 0.6 is 0 Å². The minimum atomic E-state index is -0.365. The van der Waals surface area contributed by atoms with E-state index < -0.39 is 0 Å². The van der Waals surface area contributed by atoms with E-state index in [1.54, 1.807) is 18.2 Å². The lowest BCUT2D eigenvalue weighted by atomic mass is 9.71. The van der Waals surface area contributed by atoms with Crippen molar-refractivity contribution in [1.82, 2.24) is 40.6 Å². The average Bonchev–Trinajstić information content (AvgIpc) is 3.75. The van der Waals surface area contributed by atoms with Gasteiger partial charge in [-0.05, 0) is 92.1 Å². The number of aryl methyl sites for hydroxylation is 3. The van der Waals surface area contributed by atoms with Gasteiger partial charge in [0.05, 0.1) is 17.3 Å². The van der Waals surface area contributed by atoms with Gasteiger partial charge in [0, 0.05) is 87.3 Å². The van der Waals surface area contributed by atoms with Crippen LogP contribution in [0, 0.1) is 12.3 Å². The molecule has 0 bridgehead atoms. The Hall–Kier alpha value is -5.17. The molecule has 12 nitrogen and oxygen atoms in total. The zero-order valence-electron chi connectivity index (χ0n) is 33.8. The summed E-state index contributed by atoms with van der Waals surface area (Å²) < 4.78 is 7.51. The minimum absolute atomic E-state index is 0.173. The number of hydrogen-bond donors (Lipinski definition) is 4. The maximum Gasteiger partial charge on any atom is 0.270 e. The molecule has 0 aliphatic carbocycles. The highest BCUT2D eigenvalue weighted by Crippen LogP contribution is 2.44. The summed E-state index contributed by atoms with van der Waals surface area (Å²) in [6.07, 6.45) is 4.34. The molecule has 0 saturated carbocycles. The Balaban J connectivity index is 0.925. The van der Waals surface area contributed by atoms with Gasteiger partial charge in [-0.3, -0.25) is 14.5 Å². The third kappa shape index (κ3) is 7.78. The maximum atomic E-state index is 13.6. The van der Waals surface area contributed by atoms with Gasteiger partial charge in [-0.2, -0.15) is 5.10 Å². The molecule has 3 aliphatic rings. The molecule has 8 rings (SSSR count). The Morgan fingerprint density at radius 2 is 1.70 bits per heavy atom. The summed E-state index contributed by atoms with van der Waals surface area (Å²) in [6.45, 7) is 16.8. The molecule has 57 heavy (non-hydrogen) atoms. The summed E-state index contributed by atoms with van der Waals surface area (Å²) in [6, 6.07) is 21.5. The molecule has 1 unspecified atom stereocenters. The number of nitrogens with zero attached hydrogens (tertiary/aromatic N) is 5. The van der Waals surface area contributed by atoms with Crippen LogP contribution in [-0.2, 0) is 37.3 Å². The van der Waals surface area contributed by atoms with E-state index in [0.29, 0.717) is 50.2 Å². The second-order valence-electron chi connectivity index (χ2n) is 16.2. The summed E-state index contributed by atoms with van der Waals surface area (Å²) in [5.41, 5.74) is 10.1. The minimum Gasteiger partial charge on any atom is -0.381 e. The third-order valence-electron chi connectivity index (χ3n) is 12.5. The van der Waals surface area contributed by atoms with E-state index in [-0.39, 0.29) is 35.8 Å². The zero-order valence-corrected chi connectivity index (χ0v) is 33.8. The van der Waals surface area contributed by atoms with Crippen LogP contribution in [0.25, 0.3) is 22.2 Å². The van der Waals surface area contributed by atoms with Gasteiger partial charge in [0.15, 0.2) is 5.65 Å². The molecule has 0 spiro atoms. The topological polar surface area (TPSA) is 138 Å². The smallest absolute Gasteiger partial charge is 0.270 e. The van der Waals surface area contributed by atoms with E-state index >= 15 is 0 Å². The number of likely N-dealkylation sites (tertiary alicyclic amines) is 1. The van der Waals surface area contributed by atoms with Crippen LogP contribution < -0.4 is 21.3 Å². The van der Waals surface area contributed by atoms with Crippen LogP contribution in [0.4, 0.5) is 5.69 Å². The Morgan fingerprint density at radius 3 is 2.44 bits per heavy atom. The maximum absolute atomic E-state index is 13.6. The molecule has 2 aromatic carbocycles. The average molecular weight is 770 g/mol. The Labute approximate surface area is 335 Å². The van der Waals surface area contributed by atoms with Crippen LogP contribution in [0.5, 0.6) is 0 Å². The predicted octanol–water partition coefficient (Wildman–Crippen LogP) is 6.02. The summed E-state index contributed by atoms with van der Waals surface area (Å²) in [5.74, 6) is -0.707. The van der Waals surface area contributed by atoms with Crippen molar-refractivity contribution in [3.05, 3.63) is 106 Å². The van der Waals surface area contributed by atoms with Crippen LogP contribution in [0.1, 0.15) is 89.5 Å². The van der Waals surface area contributed by atoms with E-state index in [4.69, 9.17) is 9.72 Å². The Morgan fingerprint density at radius 1 is 0.947 bits per heavy atom. The number of amides is 2. The Bertz CT molecular complexity index is 2280. The predicted molar refractivity (Wildman–Crippen MR) is 223 cm³/mol. The molecule has 12 heteroatoms. The van der Waals surface area contributed by atoms with E-state index in [1.165, 1.54) is 16.7 Å². The van der Waals surface area contributed by atoms with Gasteiger partial charge in [0.25, 0.3) is 11.8 Å². The second kappa shape index (κ2) is 16.4. The number of carbonyl (C=O) groups excluding carboxylic acids is 2. The number of anilines is 1. The molecule has 3 atom stereocenters. The highest BCUT2D eigenvalue weighted by Gasteiger charge is 2.55. The number of pyridine rings is 2. The van der Waals surface area contributed by atoms with Gasteiger partial charge < -0.3 is 26.0 Å². The second-order valence-corrected chi connectivity index (χ2v) is 16.2. The summed E-state index contributed by atoms with van der Waals surface area (Å²) in [7, 11) is 0. The molecule has 3 fully saturated rings. The van der Waals surface area contributed by atoms with Gasteiger partial charge in [0.2, 0.25) is 0 Å². The standard InChI is InChI=1S/C45H55N9O3/c1-6-37-35(41(50-33-16-18-57-19-17-33)36-24-49-54(7-2)42(36)52-37)23-48-44(56)39-13-9-12-38(51-39)43(55)47-22-30-15-14-28(3)34(21-30)32-11-8-10-31(20-32)26-53-27-45(5)29(4)46-25-40(45)53/h8-15,20-21,24,29,33,40,46H,6-7,16-19,22-23,25-27H2,1-5H3,(H,47,55)(H,48,56)(H,50,52)/t29-,40+,45?/m0/s1. The molecule has 3 saturated heterocycles. The number of aromatic nitrogens is 4. The third-order valence-corrected chi connectivity index (χ3v) is 12.5. The van der Waals surface area contributed by atoms with Crippen LogP contribution in [-0.4, -0.2) is 80.9 Å². The van der Waals surface area contributed by atoms with Crippen molar-refractivity contribution in [2.45, 2.75) is 98.2 Å². The van der Waals surface area contributed by atoms with Crippen molar-refractivity contribution in [2.24, 2.45) is 5.41 Å².